The van der Waals surface area contributed by atoms with Crippen molar-refractivity contribution < 1.29 is 4.79 Å². The average molecular weight is 319 g/mol. The molecule has 0 aliphatic carbocycles. The van der Waals surface area contributed by atoms with E-state index in [1.54, 1.807) is 6.33 Å². The molecule has 2 rings (SSSR count). The van der Waals surface area contributed by atoms with Crippen molar-refractivity contribution in [3.8, 4) is 0 Å². The highest BCUT2D eigenvalue weighted by Crippen LogP contribution is 2.05. The minimum atomic E-state index is -0.198. The van der Waals surface area contributed by atoms with Gasteiger partial charge in [0, 0.05) is 25.3 Å². The largest absolute Gasteiger partial charge is 0.338 e. The SMILES string of the molecule is CCn1cnnc1CNC(=O)NCC(C)Cn1nc(C)cc1C. The molecule has 8 heteroatoms. The first-order valence-corrected chi connectivity index (χ1v) is 7.89. The molecule has 2 aromatic heterocycles. The summed E-state index contributed by atoms with van der Waals surface area (Å²) < 4.78 is 3.87. The maximum absolute atomic E-state index is 11.9. The Bertz CT molecular complexity index is 646. The summed E-state index contributed by atoms with van der Waals surface area (Å²) in [6.07, 6.45) is 1.66. The van der Waals surface area contributed by atoms with Gasteiger partial charge in [-0.15, -0.1) is 10.2 Å². The lowest BCUT2D eigenvalue weighted by Crippen LogP contribution is -2.38. The van der Waals surface area contributed by atoms with E-state index in [2.05, 4.69) is 38.9 Å². The van der Waals surface area contributed by atoms with Crippen LogP contribution < -0.4 is 10.6 Å². The van der Waals surface area contributed by atoms with Crippen molar-refractivity contribution in [1.82, 2.24) is 35.2 Å². The lowest BCUT2D eigenvalue weighted by molar-refractivity contribution is 0.237. The van der Waals surface area contributed by atoms with Gasteiger partial charge in [-0.05, 0) is 32.8 Å². The minimum absolute atomic E-state index is 0.198. The Kier molecular flexibility index (Phi) is 5.72. The second-order valence-electron chi connectivity index (χ2n) is 5.81. The van der Waals surface area contributed by atoms with Crippen LogP contribution in [0.2, 0.25) is 0 Å². The molecule has 8 nitrogen and oxygen atoms in total. The molecule has 0 bridgehead atoms. The van der Waals surface area contributed by atoms with Gasteiger partial charge in [0.15, 0.2) is 5.82 Å². The van der Waals surface area contributed by atoms with Crippen LogP contribution in [0.4, 0.5) is 4.79 Å². The Morgan fingerprint density at radius 2 is 2.13 bits per heavy atom. The number of hydrogen-bond donors (Lipinski definition) is 2. The average Bonchev–Trinajstić information content (AvgIpc) is 3.09. The van der Waals surface area contributed by atoms with Crippen molar-refractivity contribution in [2.45, 2.75) is 47.3 Å². The number of hydrogen-bond acceptors (Lipinski definition) is 4. The molecule has 126 valence electrons. The molecule has 1 unspecified atom stereocenters. The minimum Gasteiger partial charge on any atom is -0.338 e. The van der Waals surface area contributed by atoms with Crippen molar-refractivity contribution in [2.24, 2.45) is 5.92 Å². The smallest absolute Gasteiger partial charge is 0.315 e. The summed E-state index contributed by atoms with van der Waals surface area (Å²) in [7, 11) is 0. The molecule has 0 aliphatic heterocycles. The molecule has 1 atom stereocenters. The fourth-order valence-corrected chi connectivity index (χ4v) is 2.39. The predicted octanol–water partition coefficient (Wildman–Crippen LogP) is 1.25. The van der Waals surface area contributed by atoms with Gasteiger partial charge in [-0.25, -0.2) is 4.79 Å². The molecule has 2 N–H and O–H groups in total. The van der Waals surface area contributed by atoms with Crippen molar-refractivity contribution >= 4 is 6.03 Å². The lowest BCUT2D eigenvalue weighted by Gasteiger charge is -2.14. The number of nitrogens with one attached hydrogen (secondary N) is 2. The van der Waals surface area contributed by atoms with Crippen molar-refractivity contribution in [2.75, 3.05) is 6.54 Å². The van der Waals surface area contributed by atoms with Gasteiger partial charge in [-0.1, -0.05) is 6.92 Å². The van der Waals surface area contributed by atoms with Crippen LogP contribution in [0.3, 0.4) is 0 Å². The van der Waals surface area contributed by atoms with Gasteiger partial charge in [0.2, 0.25) is 0 Å². The van der Waals surface area contributed by atoms with E-state index in [0.717, 1.165) is 30.3 Å². The Hall–Kier alpha value is -2.38. The standard InChI is InChI=1S/C15H25N7O/c1-5-21-10-18-19-14(21)8-17-15(23)16-7-11(2)9-22-13(4)6-12(3)20-22/h6,10-11H,5,7-9H2,1-4H3,(H2,16,17,23). The zero-order valence-electron chi connectivity index (χ0n) is 14.2. The van der Waals surface area contributed by atoms with Gasteiger partial charge < -0.3 is 15.2 Å². The third-order valence-corrected chi connectivity index (χ3v) is 3.64. The quantitative estimate of drug-likeness (QED) is 0.803. The molecule has 23 heavy (non-hydrogen) atoms. The first-order chi connectivity index (χ1) is 11.0. The molecule has 0 saturated carbocycles. The molecule has 0 spiro atoms. The van der Waals surface area contributed by atoms with Gasteiger partial charge in [-0.2, -0.15) is 5.10 Å². The van der Waals surface area contributed by atoms with Gasteiger partial charge in [-0.3, -0.25) is 4.68 Å². The van der Waals surface area contributed by atoms with E-state index in [-0.39, 0.29) is 11.9 Å². The maximum Gasteiger partial charge on any atom is 0.315 e. The molecule has 2 heterocycles. The molecular formula is C15H25N7O. The monoisotopic (exact) mass is 319 g/mol. The van der Waals surface area contributed by atoms with E-state index >= 15 is 0 Å². The molecule has 0 radical (unpaired) electrons. The Labute approximate surface area is 136 Å². The van der Waals surface area contributed by atoms with E-state index < -0.39 is 0 Å². The van der Waals surface area contributed by atoms with Gasteiger partial charge in [0.25, 0.3) is 0 Å². The van der Waals surface area contributed by atoms with Gasteiger partial charge in [0.05, 0.1) is 12.2 Å². The third kappa shape index (κ3) is 4.80. The third-order valence-electron chi connectivity index (χ3n) is 3.64. The summed E-state index contributed by atoms with van der Waals surface area (Å²) >= 11 is 0. The number of aromatic nitrogens is 5. The molecule has 0 fully saturated rings. The number of rotatable bonds is 7. The second-order valence-corrected chi connectivity index (χ2v) is 5.81. The van der Waals surface area contributed by atoms with E-state index in [1.807, 2.05) is 30.0 Å². The highest BCUT2D eigenvalue weighted by Gasteiger charge is 2.10. The number of amides is 2. The molecule has 0 saturated heterocycles. The topological polar surface area (TPSA) is 89.7 Å². The lowest BCUT2D eigenvalue weighted by atomic mass is 10.2. The first-order valence-electron chi connectivity index (χ1n) is 7.89. The normalized spacial score (nSPS) is 12.2. The summed E-state index contributed by atoms with van der Waals surface area (Å²) in [6.45, 7) is 10.6. The van der Waals surface area contributed by atoms with Crippen molar-refractivity contribution in [3.05, 3.63) is 29.6 Å². The van der Waals surface area contributed by atoms with Gasteiger partial charge >= 0.3 is 6.03 Å². The maximum atomic E-state index is 11.9. The number of carbonyl (C=O) groups is 1. The molecule has 2 aromatic rings. The van der Waals surface area contributed by atoms with Crippen LogP contribution in [0.1, 0.15) is 31.1 Å². The Balaban J connectivity index is 1.72. The van der Waals surface area contributed by atoms with Crippen molar-refractivity contribution in [3.63, 3.8) is 0 Å². The van der Waals surface area contributed by atoms with E-state index in [9.17, 15) is 4.79 Å². The number of urea groups is 1. The highest BCUT2D eigenvalue weighted by atomic mass is 16.2. The molecule has 0 aromatic carbocycles. The summed E-state index contributed by atoms with van der Waals surface area (Å²) in [5.41, 5.74) is 2.15. The zero-order valence-corrected chi connectivity index (χ0v) is 14.2. The summed E-state index contributed by atoms with van der Waals surface area (Å²) in [5, 5.41) is 17.9. The van der Waals surface area contributed by atoms with Crippen LogP contribution in [0.25, 0.3) is 0 Å². The Morgan fingerprint density at radius 3 is 2.78 bits per heavy atom. The molecule has 2 amide bonds. The fraction of sp³-hybridized carbons (Fsp3) is 0.600. The predicted molar refractivity (Wildman–Crippen MR) is 86.8 cm³/mol. The highest BCUT2D eigenvalue weighted by molar-refractivity contribution is 5.73. The number of carbonyl (C=O) groups excluding carboxylic acids is 1. The number of nitrogens with zero attached hydrogens (tertiary/aromatic N) is 5. The van der Waals surface area contributed by atoms with Crippen LogP contribution in [0.5, 0.6) is 0 Å². The van der Waals surface area contributed by atoms with Crippen LogP contribution >= 0.6 is 0 Å². The summed E-state index contributed by atoms with van der Waals surface area (Å²) in [5.74, 6) is 1.04. The molecular weight excluding hydrogens is 294 g/mol. The van der Waals surface area contributed by atoms with Crippen LogP contribution in [-0.4, -0.2) is 37.1 Å². The van der Waals surface area contributed by atoms with Crippen LogP contribution in [0, 0.1) is 19.8 Å². The first kappa shape index (κ1) is 17.0. The summed E-state index contributed by atoms with van der Waals surface area (Å²) in [6, 6.07) is 1.85. The van der Waals surface area contributed by atoms with E-state index in [4.69, 9.17) is 0 Å². The van der Waals surface area contributed by atoms with Crippen molar-refractivity contribution in [1.29, 1.82) is 0 Å². The van der Waals surface area contributed by atoms with E-state index in [0.29, 0.717) is 13.1 Å². The summed E-state index contributed by atoms with van der Waals surface area (Å²) in [4.78, 5) is 11.9. The Morgan fingerprint density at radius 1 is 1.35 bits per heavy atom. The molecule has 0 aliphatic rings. The van der Waals surface area contributed by atoms with E-state index in [1.165, 1.54) is 0 Å². The second kappa shape index (κ2) is 7.75. The number of aryl methyl sites for hydroxylation is 3. The van der Waals surface area contributed by atoms with Crippen LogP contribution in [-0.2, 0) is 19.6 Å². The van der Waals surface area contributed by atoms with Crippen LogP contribution in [0.15, 0.2) is 12.4 Å². The fourth-order valence-electron chi connectivity index (χ4n) is 2.39. The van der Waals surface area contributed by atoms with Gasteiger partial charge in [0.1, 0.15) is 6.33 Å². The zero-order chi connectivity index (χ0) is 16.8.